The highest BCUT2D eigenvalue weighted by molar-refractivity contribution is 5.67. The lowest BCUT2D eigenvalue weighted by Crippen LogP contribution is -1.91. The van der Waals surface area contributed by atoms with Gasteiger partial charge < -0.3 is 5.11 Å². The number of aldehydes is 1. The summed E-state index contributed by atoms with van der Waals surface area (Å²) in [4.78, 5) is 19.5. The molecule has 0 aliphatic rings. The first kappa shape index (κ1) is 7.88. The van der Waals surface area contributed by atoms with E-state index < -0.39 is 5.97 Å². The average Bonchev–Trinajstić information content (AvgIpc) is 1.80. The van der Waals surface area contributed by atoms with Crippen LogP contribution in [-0.4, -0.2) is 17.4 Å². The van der Waals surface area contributed by atoms with Crippen molar-refractivity contribution in [1.82, 2.24) is 0 Å². The highest BCUT2D eigenvalue weighted by Gasteiger charge is 1.90. The van der Waals surface area contributed by atoms with Crippen molar-refractivity contribution in [2.45, 2.75) is 12.8 Å². The van der Waals surface area contributed by atoms with Gasteiger partial charge in [0.2, 0.25) is 0 Å². The fraction of sp³-hybridized carbons (Fsp3) is 0.333. The van der Waals surface area contributed by atoms with Gasteiger partial charge in [-0.15, -0.1) is 0 Å². The molecule has 50 valence electrons. The molecular formula is C6H8O3. The van der Waals surface area contributed by atoms with Crippen LogP contribution in [0.15, 0.2) is 12.2 Å². The van der Waals surface area contributed by atoms with Gasteiger partial charge in [0.15, 0.2) is 0 Å². The summed E-state index contributed by atoms with van der Waals surface area (Å²) in [5, 5.41) is 8.09. The highest BCUT2D eigenvalue weighted by Crippen LogP contribution is 1.88. The number of carboxylic acid groups (broad SMARTS) is 1. The van der Waals surface area contributed by atoms with E-state index in [4.69, 9.17) is 5.11 Å². The molecule has 0 saturated heterocycles. The van der Waals surface area contributed by atoms with E-state index in [-0.39, 0.29) is 6.42 Å². The van der Waals surface area contributed by atoms with Crippen LogP contribution in [0.3, 0.4) is 0 Å². The molecule has 0 spiro atoms. The van der Waals surface area contributed by atoms with Gasteiger partial charge in [-0.3, -0.25) is 9.59 Å². The van der Waals surface area contributed by atoms with E-state index in [0.29, 0.717) is 12.7 Å². The van der Waals surface area contributed by atoms with Crippen LogP contribution in [-0.2, 0) is 9.59 Å². The zero-order valence-electron chi connectivity index (χ0n) is 4.91. The molecule has 3 nitrogen and oxygen atoms in total. The SMILES string of the molecule is O=CC=CCCC(=O)O. The predicted octanol–water partition coefficient (Wildman–Crippen LogP) is 0.606. The van der Waals surface area contributed by atoms with Crippen LogP contribution in [0.1, 0.15) is 12.8 Å². The monoisotopic (exact) mass is 128 g/mol. The van der Waals surface area contributed by atoms with E-state index in [1.807, 2.05) is 0 Å². The molecule has 0 unspecified atom stereocenters. The summed E-state index contributed by atoms with van der Waals surface area (Å²) in [5.41, 5.74) is 0. The van der Waals surface area contributed by atoms with E-state index in [1.165, 1.54) is 12.2 Å². The Morgan fingerprint density at radius 2 is 2.22 bits per heavy atom. The molecule has 0 saturated carbocycles. The average molecular weight is 128 g/mol. The molecule has 0 aromatic carbocycles. The van der Waals surface area contributed by atoms with Gasteiger partial charge in [-0.25, -0.2) is 0 Å². The minimum atomic E-state index is -0.842. The zero-order chi connectivity index (χ0) is 7.11. The molecule has 9 heavy (non-hydrogen) atoms. The van der Waals surface area contributed by atoms with E-state index >= 15 is 0 Å². The molecule has 0 radical (unpaired) electrons. The minimum Gasteiger partial charge on any atom is -0.481 e. The first-order valence-corrected chi connectivity index (χ1v) is 2.59. The Balaban J connectivity index is 3.19. The second-order valence-electron chi connectivity index (χ2n) is 1.50. The smallest absolute Gasteiger partial charge is 0.303 e. The van der Waals surface area contributed by atoms with Crippen LogP contribution < -0.4 is 0 Å². The van der Waals surface area contributed by atoms with Crippen molar-refractivity contribution in [2.24, 2.45) is 0 Å². The molecule has 0 heterocycles. The Labute approximate surface area is 53.0 Å². The molecule has 0 bridgehead atoms. The molecule has 0 aliphatic carbocycles. The quantitative estimate of drug-likeness (QED) is 0.445. The molecular weight excluding hydrogens is 120 g/mol. The number of hydrogen-bond donors (Lipinski definition) is 1. The first-order chi connectivity index (χ1) is 4.27. The van der Waals surface area contributed by atoms with Gasteiger partial charge >= 0.3 is 5.97 Å². The van der Waals surface area contributed by atoms with Gasteiger partial charge in [0.05, 0.1) is 0 Å². The van der Waals surface area contributed by atoms with E-state index in [2.05, 4.69) is 0 Å². The van der Waals surface area contributed by atoms with Crippen molar-refractivity contribution in [2.75, 3.05) is 0 Å². The highest BCUT2D eigenvalue weighted by atomic mass is 16.4. The van der Waals surface area contributed by atoms with Crippen molar-refractivity contribution >= 4 is 12.3 Å². The summed E-state index contributed by atoms with van der Waals surface area (Å²) in [5.74, 6) is -0.842. The summed E-state index contributed by atoms with van der Waals surface area (Å²) >= 11 is 0. The first-order valence-electron chi connectivity index (χ1n) is 2.59. The molecule has 0 rings (SSSR count). The van der Waals surface area contributed by atoms with Crippen molar-refractivity contribution < 1.29 is 14.7 Å². The lowest BCUT2D eigenvalue weighted by Gasteiger charge is -1.83. The topological polar surface area (TPSA) is 54.4 Å². The lowest BCUT2D eigenvalue weighted by atomic mass is 10.3. The molecule has 1 N–H and O–H groups in total. The van der Waals surface area contributed by atoms with Gasteiger partial charge in [-0.2, -0.15) is 0 Å². The van der Waals surface area contributed by atoms with Crippen LogP contribution >= 0.6 is 0 Å². The summed E-state index contributed by atoms with van der Waals surface area (Å²) in [7, 11) is 0. The van der Waals surface area contributed by atoms with Crippen molar-refractivity contribution in [1.29, 1.82) is 0 Å². The van der Waals surface area contributed by atoms with Gasteiger partial charge in [0.25, 0.3) is 0 Å². The summed E-state index contributed by atoms with van der Waals surface area (Å²) in [6, 6.07) is 0. The third-order valence-corrected chi connectivity index (χ3v) is 0.740. The number of hydrogen-bond acceptors (Lipinski definition) is 2. The molecule has 0 atom stereocenters. The Morgan fingerprint density at radius 3 is 2.67 bits per heavy atom. The minimum absolute atomic E-state index is 0.0876. The van der Waals surface area contributed by atoms with Crippen LogP contribution in [0, 0.1) is 0 Å². The number of allylic oxidation sites excluding steroid dienone is 2. The number of carbonyl (C=O) groups is 2. The van der Waals surface area contributed by atoms with Crippen LogP contribution in [0.5, 0.6) is 0 Å². The van der Waals surface area contributed by atoms with Gasteiger partial charge in [0, 0.05) is 6.42 Å². The second kappa shape index (κ2) is 5.03. The standard InChI is InChI=1S/C6H8O3/c7-5-3-1-2-4-6(8)9/h1,3,5H,2,4H2,(H,8,9). The third kappa shape index (κ3) is 6.88. The maximum absolute atomic E-state index is 9.84. The molecule has 3 heteroatoms. The largest absolute Gasteiger partial charge is 0.481 e. The number of aliphatic carboxylic acids is 1. The summed E-state index contributed by atoms with van der Waals surface area (Å²) < 4.78 is 0. The molecule has 0 aromatic rings. The van der Waals surface area contributed by atoms with Crippen molar-refractivity contribution in [3.05, 3.63) is 12.2 Å². The Hall–Kier alpha value is -1.12. The molecule has 0 aromatic heterocycles. The van der Waals surface area contributed by atoms with E-state index in [9.17, 15) is 9.59 Å². The zero-order valence-corrected chi connectivity index (χ0v) is 4.91. The van der Waals surface area contributed by atoms with Gasteiger partial charge in [0.1, 0.15) is 6.29 Å². The maximum atomic E-state index is 9.84. The molecule has 0 fully saturated rings. The fourth-order valence-electron chi connectivity index (χ4n) is 0.359. The Bertz CT molecular complexity index is 126. The van der Waals surface area contributed by atoms with Crippen LogP contribution in [0.25, 0.3) is 0 Å². The Morgan fingerprint density at radius 1 is 1.56 bits per heavy atom. The van der Waals surface area contributed by atoms with Crippen molar-refractivity contribution in [3.8, 4) is 0 Å². The van der Waals surface area contributed by atoms with Crippen molar-refractivity contribution in [3.63, 3.8) is 0 Å². The predicted molar refractivity (Wildman–Crippen MR) is 32.1 cm³/mol. The van der Waals surface area contributed by atoms with E-state index in [0.717, 1.165) is 0 Å². The summed E-state index contributed by atoms with van der Waals surface area (Å²) in [6.45, 7) is 0. The fourth-order valence-corrected chi connectivity index (χ4v) is 0.359. The summed E-state index contributed by atoms with van der Waals surface area (Å²) in [6.07, 6.45) is 3.96. The normalized spacial score (nSPS) is 9.78. The molecule has 0 amide bonds. The Kier molecular flexibility index (Phi) is 4.40. The number of rotatable bonds is 4. The number of carbonyl (C=O) groups excluding carboxylic acids is 1. The maximum Gasteiger partial charge on any atom is 0.303 e. The lowest BCUT2D eigenvalue weighted by molar-refractivity contribution is -0.136. The molecule has 0 aliphatic heterocycles. The number of carboxylic acids is 1. The van der Waals surface area contributed by atoms with Gasteiger partial charge in [-0.05, 0) is 12.5 Å². The third-order valence-electron chi connectivity index (χ3n) is 0.740. The second-order valence-corrected chi connectivity index (χ2v) is 1.50. The van der Waals surface area contributed by atoms with Crippen LogP contribution in [0.2, 0.25) is 0 Å². The van der Waals surface area contributed by atoms with E-state index in [1.54, 1.807) is 0 Å². The van der Waals surface area contributed by atoms with Crippen LogP contribution in [0.4, 0.5) is 0 Å². The van der Waals surface area contributed by atoms with Gasteiger partial charge in [-0.1, -0.05) is 6.08 Å².